The summed E-state index contributed by atoms with van der Waals surface area (Å²) in [6, 6.07) is 7.38. The maximum absolute atomic E-state index is 12.7. The zero-order valence-electron chi connectivity index (χ0n) is 14.3. The van der Waals surface area contributed by atoms with E-state index in [1.165, 1.54) is 32.4 Å². The van der Waals surface area contributed by atoms with Crippen LogP contribution in [0.2, 0.25) is 0 Å². The van der Waals surface area contributed by atoms with Crippen LogP contribution in [0.15, 0.2) is 39.5 Å². The van der Waals surface area contributed by atoms with Gasteiger partial charge >= 0.3 is 0 Å². The molecule has 0 saturated heterocycles. The third-order valence-electron chi connectivity index (χ3n) is 4.17. The molecule has 1 heterocycles. The lowest BCUT2D eigenvalue weighted by molar-refractivity contribution is 0.254. The second-order valence-electron chi connectivity index (χ2n) is 5.60. The van der Waals surface area contributed by atoms with Gasteiger partial charge in [0.25, 0.3) is 0 Å². The molecule has 7 nitrogen and oxygen atoms in total. The molecule has 3 aromatic rings. The number of ether oxygens (including phenoxy) is 2. The van der Waals surface area contributed by atoms with Crippen LogP contribution in [0.25, 0.3) is 22.3 Å². The van der Waals surface area contributed by atoms with E-state index in [1.54, 1.807) is 12.1 Å². The smallest absolute Gasteiger partial charge is 0.197 e. The average molecular weight is 358 g/mol. The number of rotatable bonds is 5. The number of methoxy groups -OCH3 is 2. The fraction of sp³-hybridized carbons (Fsp3) is 0.211. The molecule has 0 aliphatic heterocycles. The van der Waals surface area contributed by atoms with E-state index in [0.717, 1.165) is 0 Å². The molecule has 26 heavy (non-hydrogen) atoms. The predicted molar refractivity (Wildman–Crippen MR) is 94.5 cm³/mol. The maximum atomic E-state index is 12.7. The summed E-state index contributed by atoms with van der Waals surface area (Å²) < 4.78 is 16.2. The molecular formula is C19H18O7. The van der Waals surface area contributed by atoms with Crippen LogP contribution < -0.4 is 14.9 Å². The van der Waals surface area contributed by atoms with Crippen LogP contribution >= 0.6 is 0 Å². The highest BCUT2D eigenvalue weighted by atomic mass is 16.5. The van der Waals surface area contributed by atoms with Gasteiger partial charge in [-0.15, -0.1) is 0 Å². The van der Waals surface area contributed by atoms with E-state index in [9.17, 15) is 20.1 Å². The van der Waals surface area contributed by atoms with E-state index < -0.39 is 0 Å². The van der Waals surface area contributed by atoms with Crippen LogP contribution in [0.1, 0.15) is 11.1 Å². The highest BCUT2D eigenvalue weighted by molar-refractivity contribution is 5.87. The summed E-state index contributed by atoms with van der Waals surface area (Å²) in [4.78, 5) is 12.7. The van der Waals surface area contributed by atoms with Crippen LogP contribution in [-0.2, 0) is 13.2 Å². The van der Waals surface area contributed by atoms with Crippen molar-refractivity contribution < 1.29 is 29.2 Å². The van der Waals surface area contributed by atoms with Crippen molar-refractivity contribution in [2.24, 2.45) is 0 Å². The minimum Gasteiger partial charge on any atom is -0.504 e. The molecule has 0 aliphatic rings. The lowest BCUT2D eigenvalue weighted by Crippen LogP contribution is -2.07. The molecule has 3 N–H and O–H groups in total. The molecule has 0 saturated carbocycles. The van der Waals surface area contributed by atoms with Crippen molar-refractivity contribution in [3.8, 4) is 28.6 Å². The first kappa shape index (κ1) is 17.8. The number of benzene rings is 2. The van der Waals surface area contributed by atoms with Crippen LogP contribution in [0, 0.1) is 0 Å². The van der Waals surface area contributed by atoms with E-state index in [0.29, 0.717) is 16.7 Å². The summed E-state index contributed by atoms with van der Waals surface area (Å²) in [5.74, 6) is 0.659. The Hall–Kier alpha value is -3.03. The Morgan fingerprint density at radius 1 is 1.04 bits per heavy atom. The highest BCUT2D eigenvalue weighted by Gasteiger charge is 2.19. The normalized spacial score (nSPS) is 10.9. The van der Waals surface area contributed by atoms with Gasteiger partial charge < -0.3 is 29.2 Å². The van der Waals surface area contributed by atoms with E-state index in [-0.39, 0.29) is 52.6 Å². The number of fused-ring (bicyclic) bond motifs is 1. The molecule has 0 unspecified atom stereocenters. The van der Waals surface area contributed by atoms with Gasteiger partial charge in [0.1, 0.15) is 22.5 Å². The number of aromatic hydroxyl groups is 1. The summed E-state index contributed by atoms with van der Waals surface area (Å²) in [6.45, 7) is -0.728. The molecule has 0 atom stereocenters. The number of hydrogen-bond donors (Lipinski definition) is 3. The van der Waals surface area contributed by atoms with Crippen LogP contribution in [0.4, 0.5) is 0 Å². The number of phenolic OH excluding ortho intramolecular Hbond substituents is 1. The monoisotopic (exact) mass is 358 g/mol. The lowest BCUT2D eigenvalue weighted by atomic mass is 10.0. The van der Waals surface area contributed by atoms with Gasteiger partial charge in [0, 0.05) is 17.2 Å². The summed E-state index contributed by atoms with van der Waals surface area (Å²) >= 11 is 0. The average Bonchev–Trinajstić information content (AvgIpc) is 2.66. The number of aliphatic hydroxyl groups excluding tert-OH is 2. The minimum absolute atomic E-state index is 0.0313. The third kappa shape index (κ3) is 2.87. The molecule has 2 aromatic carbocycles. The summed E-state index contributed by atoms with van der Waals surface area (Å²) in [6.07, 6.45) is 0. The van der Waals surface area contributed by atoms with Crippen molar-refractivity contribution in [3.05, 3.63) is 51.7 Å². The molecule has 7 heteroatoms. The molecule has 0 fully saturated rings. The predicted octanol–water partition coefficient (Wildman–Crippen LogP) is 2.17. The first-order chi connectivity index (χ1) is 12.5. The van der Waals surface area contributed by atoms with E-state index in [2.05, 4.69) is 0 Å². The number of aliphatic hydroxyl groups is 2. The Balaban J connectivity index is 2.30. The van der Waals surface area contributed by atoms with Crippen molar-refractivity contribution in [1.29, 1.82) is 0 Å². The zero-order chi connectivity index (χ0) is 18.8. The molecule has 0 bridgehead atoms. The largest absolute Gasteiger partial charge is 0.504 e. The van der Waals surface area contributed by atoms with Gasteiger partial charge in [0.2, 0.25) is 0 Å². The van der Waals surface area contributed by atoms with Gasteiger partial charge in [0.05, 0.1) is 27.4 Å². The fourth-order valence-electron chi connectivity index (χ4n) is 2.89. The van der Waals surface area contributed by atoms with E-state index in [4.69, 9.17) is 13.9 Å². The number of phenols is 1. The summed E-state index contributed by atoms with van der Waals surface area (Å²) in [5, 5.41) is 29.0. The van der Waals surface area contributed by atoms with Gasteiger partial charge in [0.15, 0.2) is 16.9 Å². The SMILES string of the molecule is COc1cc(-c2cc(=O)c3c(OC)c(CO)c(CO)cc3o2)ccc1O. The van der Waals surface area contributed by atoms with Gasteiger partial charge in [-0.05, 0) is 29.8 Å². The standard InChI is InChI=1S/C19H18O7/c1-24-16-5-10(3-4-13(16)22)15-7-14(23)18-17(26-15)6-11(8-20)12(9-21)19(18)25-2/h3-7,20-22H,8-9H2,1-2H3. The van der Waals surface area contributed by atoms with Crippen molar-refractivity contribution in [2.45, 2.75) is 13.2 Å². The first-order valence-corrected chi connectivity index (χ1v) is 7.79. The Kier molecular flexibility index (Phi) is 4.83. The topological polar surface area (TPSA) is 109 Å². The molecule has 136 valence electrons. The van der Waals surface area contributed by atoms with Crippen molar-refractivity contribution in [2.75, 3.05) is 14.2 Å². The fourth-order valence-corrected chi connectivity index (χ4v) is 2.89. The van der Waals surface area contributed by atoms with E-state index >= 15 is 0 Å². The third-order valence-corrected chi connectivity index (χ3v) is 4.17. The molecule has 0 aliphatic carbocycles. The first-order valence-electron chi connectivity index (χ1n) is 7.79. The Bertz CT molecular complexity index is 1020. The molecule has 0 radical (unpaired) electrons. The van der Waals surface area contributed by atoms with Gasteiger partial charge in [-0.25, -0.2) is 0 Å². The molecule has 0 amide bonds. The molecule has 3 rings (SSSR count). The molecular weight excluding hydrogens is 340 g/mol. The van der Waals surface area contributed by atoms with Crippen LogP contribution in [0.3, 0.4) is 0 Å². The lowest BCUT2D eigenvalue weighted by Gasteiger charge is -2.14. The highest BCUT2D eigenvalue weighted by Crippen LogP contribution is 2.35. The Labute approximate surface area is 148 Å². The quantitative estimate of drug-likeness (QED) is 0.641. The zero-order valence-corrected chi connectivity index (χ0v) is 14.3. The van der Waals surface area contributed by atoms with Gasteiger partial charge in [-0.3, -0.25) is 4.79 Å². The van der Waals surface area contributed by atoms with Crippen molar-refractivity contribution >= 4 is 11.0 Å². The Morgan fingerprint density at radius 3 is 2.42 bits per heavy atom. The number of hydrogen-bond acceptors (Lipinski definition) is 7. The second-order valence-corrected chi connectivity index (χ2v) is 5.60. The van der Waals surface area contributed by atoms with Crippen molar-refractivity contribution in [3.63, 3.8) is 0 Å². The second kappa shape index (κ2) is 7.07. The van der Waals surface area contributed by atoms with E-state index in [1.807, 2.05) is 0 Å². The summed E-state index contributed by atoms with van der Waals surface area (Å²) in [5.41, 5.74) is 1.14. The molecule has 0 spiro atoms. The minimum atomic E-state index is -0.384. The van der Waals surface area contributed by atoms with Gasteiger partial charge in [-0.2, -0.15) is 0 Å². The van der Waals surface area contributed by atoms with Gasteiger partial charge in [-0.1, -0.05) is 0 Å². The summed E-state index contributed by atoms with van der Waals surface area (Å²) in [7, 11) is 2.80. The molecule has 1 aromatic heterocycles. The van der Waals surface area contributed by atoms with Crippen LogP contribution in [-0.4, -0.2) is 29.5 Å². The maximum Gasteiger partial charge on any atom is 0.197 e. The Morgan fingerprint density at radius 2 is 1.81 bits per heavy atom. The van der Waals surface area contributed by atoms with Crippen LogP contribution in [0.5, 0.6) is 17.2 Å². The van der Waals surface area contributed by atoms with Crippen molar-refractivity contribution in [1.82, 2.24) is 0 Å².